The molecule has 2 aliphatic rings. The normalized spacial score (nSPS) is 24.7. The number of rotatable bonds is 4. The highest BCUT2D eigenvalue weighted by Crippen LogP contribution is 2.48. The Kier molecular flexibility index (Phi) is 4.52. The Bertz CT molecular complexity index is 1300. The van der Waals surface area contributed by atoms with Crippen LogP contribution in [0, 0.1) is 0 Å². The van der Waals surface area contributed by atoms with E-state index in [9.17, 15) is 0 Å². The largest absolute Gasteiger partial charge is 0.349 e. The van der Waals surface area contributed by atoms with Crippen molar-refractivity contribution in [1.82, 2.24) is 14.5 Å². The van der Waals surface area contributed by atoms with Crippen LogP contribution < -0.4 is 11.1 Å². The number of fused-ring (bicyclic) bond motifs is 3. The smallest absolute Gasteiger partial charge is 0.223 e. The molecule has 0 radical (unpaired) electrons. The minimum absolute atomic E-state index is 0.00383. The molecule has 2 bridgehead atoms. The Morgan fingerprint density at radius 2 is 1.78 bits per heavy atom. The van der Waals surface area contributed by atoms with Gasteiger partial charge in [0.15, 0.2) is 0 Å². The molecule has 4 aromatic rings. The highest BCUT2D eigenvalue weighted by atomic mass is 35.5. The number of para-hydroxylation sites is 2. The molecule has 2 fully saturated rings. The zero-order chi connectivity index (χ0) is 21.8. The minimum Gasteiger partial charge on any atom is -0.349 e. The maximum absolute atomic E-state index is 6.65. The van der Waals surface area contributed by atoms with Gasteiger partial charge in [-0.2, -0.15) is 0 Å². The maximum Gasteiger partial charge on any atom is 0.223 e. The Morgan fingerprint density at radius 1 is 0.969 bits per heavy atom. The van der Waals surface area contributed by atoms with Crippen molar-refractivity contribution in [3.63, 3.8) is 0 Å². The van der Waals surface area contributed by atoms with Gasteiger partial charge in [-0.25, -0.2) is 9.97 Å². The van der Waals surface area contributed by atoms with Gasteiger partial charge in [0.25, 0.3) is 0 Å². The van der Waals surface area contributed by atoms with Gasteiger partial charge >= 0.3 is 0 Å². The second-order valence-corrected chi connectivity index (χ2v) is 9.86. The summed E-state index contributed by atoms with van der Waals surface area (Å²) in [4.78, 5) is 9.46. The summed E-state index contributed by atoms with van der Waals surface area (Å²) in [5.74, 6) is 0.632. The molecule has 32 heavy (non-hydrogen) atoms. The fourth-order valence-corrected chi connectivity index (χ4v) is 5.93. The second kappa shape index (κ2) is 7.32. The first-order chi connectivity index (χ1) is 15.5. The Balaban J connectivity index is 1.43. The van der Waals surface area contributed by atoms with Crippen LogP contribution in [0.25, 0.3) is 27.8 Å². The van der Waals surface area contributed by atoms with Crippen molar-refractivity contribution in [2.45, 2.75) is 49.6 Å². The first-order valence-corrected chi connectivity index (χ1v) is 11.7. The van der Waals surface area contributed by atoms with E-state index < -0.39 is 0 Å². The number of halogens is 1. The number of aromatic nitrogens is 3. The highest BCUT2D eigenvalue weighted by Gasteiger charge is 2.49. The number of hydrogen-bond donors (Lipinski definition) is 2. The van der Waals surface area contributed by atoms with Crippen LogP contribution in [0.5, 0.6) is 0 Å². The number of benzene rings is 2. The molecule has 0 amide bonds. The van der Waals surface area contributed by atoms with Crippen molar-refractivity contribution in [3.05, 3.63) is 72.0 Å². The number of nitrogens with zero attached hydrogens (tertiary/aromatic N) is 3. The van der Waals surface area contributed by atoms with Gasteiger partial charge in [0, 0.05) is 33.9 Å². The molecule has 0 saturated heterocycles. The predicted octanol–water partition coefficient (Wildman–Crippen LogP) is 5.96. The van der Waals surface area contributed by atoms with Crippen molar-refractivity contribution in [1.29, 1.82) is 0 Å². The first kappa shape index (κ1) is 19.8. The zero-order valence-electron chi connectivity index (χ0n) is 17.9. The van der Waals surface area contributed by atoms with Gasteiger partial charge in [-0.15, -0.1) is 0 Å². The van der Waals surface area contributed by atoms with Crippen LogP contribution in [0.3, 0.4) is 0 Å². The van der Waals surface area contributed by atoms with Crippen LogP contribution in [0.15, 0.2) is 67.0 Å². The average Bonchev–Trinajstić information content (AvgIpc) is 3.30. The molecule has 0 aliphatic heterocycles. The van der Waals surface area contributed by atoms with Crippen LogP contribution in [0.4, 0.5) is 5.95 Å². The summed E-state index contributed by atoms with van der Waals surface area (Å²) in [5, 5.41) is 5.33. The third kappa shape index (κ3) is 3.28. The SMILES string of the molecule is NC12CCCC(Nc3ncc(Cl)c(-c4cn(-c5ccccc5)c5ccccc45)n3)(CC1)C2. The predicted molar refractivity (Wildman–Crippen MR) is 130 cm³/mol. The lowest BCUT2D eigenvalue weighted by Gasteiger charge is -2.38. The van der Waals surface area contributed by atoms with Crippen LogP contribution >= 0.6 is 11.6 Å². The van der Waals surface area contributed by atoms with Gasteiger partial charge in [-0.05, 0) is 56.7 Å². The quantitative estimate of drug-likeness (QED) is 0.408. The lowest BCUT2D eigenvalue weighted by molar-refractivity contribution is 0.290. The third-order valence-electron chi connectivity index (χ3n) is 7.24. The molecule has 5 nitrogen and oxygen atoms in total. The van der Waals surface area contributed by atoms with Gasteiger partial charge in [0.2, 0.25) is 5.95 Å². The lowest BCUT2D eigenvalue weighted by atomic mass is 9.79. The monoisotopic (exact) mass is 443 g/mol. The summed E-state index contributed by atoms with van der Waals surface area (Å²) in [6, 6.07) is 18.7. The Labute approximate surface area is 192 Å². The van der Waals surface area contributed by atoms with Crippen molar-refractivity contribution in [3.8, 4) is 16.9 Å². The summed E-state index contributed by atoms with van der Waals surface area (Å²) in [5.41, 5.74) is 10.5. The molecule has 162 valence electrons. The van der Waals surface area contributed by atoms with E-state index in [2.05, 4.69) is 57.5 Å². The molecule has 2 aromatic heterocycles. The van der Waals surface area contributed by atoms with E-state index in [1.54, 1.807) is 6.20 Å². The van der Waals surface area contributed by atoms with E-state index in [1.165, 1.54) is 0 Å². The van der Waals surface area contributed by atoms with Gasteiger partial charge < -0.3 is 15.6 Å². The molecule has 2 heterocycles. The Hall–Kier alpha value is -2.89. The first-order valence-electron chi connectivity index (χ1n) is 11.3. The third-order valence-corrected chi connectivity index (χ3v) is 7.52. The van der Waals surface area contributed by atoms with E-state index in [1.807, 2.05) is 18.2 Å². The molecule has 2 aliphatic carbocycles. The van der Waals surface area contributed by atoms with E-state index in [0.717, 1.165) is 66.4 Å². The van der Waals surface area contributed by atoms with Gasteiger partial charge in [-0.1, -0.05) is 48.0 Å². The molecule has 2 saturated carbocycles. The Morgan fingerprint density at radius 3 is 2.66 bits per heavy atom. The second-order valence-electron chi connectivity index (χ2n) is 9.45. The molecular weight excluding hydrogens is 418 g/mol. The van der Waals surface area contributed by atoms with Crippen molar-refractivity contribution in [2.75, 3.05) is 5.32 Å². The van der Waals surface area contributed by atoms with Crippen LogP contribution in [-0.4, -0.2) is 25.6 Å². The highest BCUT2D eigenvalue weighted by molar-refractivity contribution is 6.33. The fraction of sp³-hybridized carbons (Fsp3) is 0.308. The van der Waals surface area contributed by atoms with E-state index in [0.29, 0.717) is 11.0 Å². The zero-order valence-corrected chi connectivity index (χ0v) is 18.6. The maximum atomic E-state index is 6.65. The van der Waals surface area contributed by atoms with E-state index in [4.69, 9.17) is 22.3 Å². The standard InChI is InChI=1S/C26H26ClN5/c27-21-15-29-24(31-26-12-6-11-25(28,17-26)13-14-26)30-23(21)20-16-32(18-7-2-1-3-8-18)22-10-5-4-9-19(20)22/h1-5,7-10,15-16H,6,11-14,17,28H2,(H,29,30,31). The summed E-state index contributed by atoms with van der Waals surface area (Å²) >= 11 is 6.65. The number of hydrogen-bond acceptors (Lipinski definition) is 4. The van der Waals surface area contributed by atoms with Gasteiger partial charge in [-0.3, -0.25) is 0 Å². The summed E-state index contributed by atoms with van der Waals surface area (Å²) in [6.07, 6.45) is 10.3. The minimum atomic E-state index is -0.0381. The molecule has 6 heteroatoms. The molecule has 0 spiro atoms. The number of nitrogens with one attached hydrogen (secondary N) is 1. The fourth-order valence-electron chi connectivity index (χ4n) is 5.74. The van der Waals surface area contributed by atoms with Gasteiger partial charge in [0.1, 0.15) is 0 Å². The average molecular weight is 444 g/mol. The summed E-state index contributed by atoms with van der Waals surface area (Å²) in [6.45, 7) is 0. The number of nitrogens with two attached hydrogens (primary N) is 1. The van der Waals surface area contributed by atoms with Crippen LogP contribution in [0.2, 0.25) is 5.02 Å². The lowest BCUT2D eigenvalue weighted by Crippen LogP contribution is -2.47. The van der Waals surface area contributed by atoms with E-state index >= 15 is 0 Å². The summed E-state index contributed by atoms with van der Waals surface area (Å²) < 4.78 is 2.19. The molecule has 6 rings (SSSR count). The molecule has 2 unspecified atom stereocenters. The number of anilines is 1. The molecule has 2 aromatic carbocycles. The van der Waals surface area contributed by atoms with Crippen molar-refractivity contribution in [2.24, 2.45) is 5.73 Å². The molecule has 2 atom stereocenters. The molecule has 3 N–H and O–H groups in total. The molecular formula is C26H26ClN5. The van der Waals surface area contributed by atoms with Crippen molar-refractivity contribution < 1.29 is 0 Å². The van der Waals surface area contributed by atoms with Crippen LogP contribution in [-0.2, 0) is 0 Å². The van der Waals surface area contributed by atoms with Gasteiger partial charge in [0.05, 0.1) is 22.4 Å². The van der Waals surface area contributed by atoms with Crippen LogP contribution in [0.1, 0.15) is 38.5 Å². The van der Waals surface area contributed by atoms with Crippen molar-refractivity contribution >= 4 is 28.5 Å². The van der Waals surface area contributed by atoms with E-state index in [-0.39, 0.29) is 11.1 Å². The summed E-state index contributed by atoms with van der Waals surface area (Å²) in [7, 11) is 0. The topological polar surface area (TPSA) is 68.8 Å².